The van der Waals surface area contributed by atoms with Gasteiger partial charge >= 0.3 is 0 Å². The van der Waals surface area contributed by atoms with E-state index in [0.717, 1.165) is 11.1 Å². The lowest BCUT2D eigenvalue weighted by Gasteiger charge is -2.39. The highest BCUT2D eigenvalue weighted by molar-refractivity contribution is 6.01. The average molecular weight is 824 g/mol. The normalized spacial score (nSPS) is 19.9. The quantitative estimate of drug-likeness (QED) is 0.0623. The first-order chi connectivity index (χ1) is 28.3. The monoisotopic (exact) mass is 823 g/mol. The largest absolute Gasteiger partial charge is 0.394 e. The van der Waals surface area contributed by atoms with E-state index in [0.29, 0.717) is 22.6 Å². The number of amides is 6. The van der Waals surface area contributed by atoms with Crippen LogP contribution in [-0.4, -0.2) is 153 Å². The number of Topliss-reactive ketones (excluding diaryl/α,β-unsaturated/α-hetero) is 1. The molecule has 2 aromatic carbocycles. The molecule has 0 spiro atoms. The van der Waals surface area contributed by atoms with Crippen LogP contribution in [0.3, 0.4) is 0 Å². The molecule has 5 rings (SSSR count). The van der Waals surface area contributed by atoms with Crippen molar-refractivity contribution in [1.29, 1.82) is 0 Å². The summed E-state index contributed by atoms with van der Waals surface area (Å²) in [5.41, 5.74) is 3.83. The predicted molar refractivity (Wildman–Crippen MR) is 202 cm³/mol. The van der Waals surface area contributed by atoms with Gasteiger partial charge in [-0.05, 0) is 18.6 Å². The van der Waals surface area contributed by atoms with Crippen LogP contribution < -0.4 is 31.5 Å². The number of carbonyl (C=O) groups excluding carboxylic acids is 7. The van der Waals surface area contributed by atoms with Crippen molar-refractivity contribution < 1.29 is 63.5 Å². The minimum atomic E-state index is -1.83. The van der Waals surface area contributed by atoms with Crippen molar-refractivity contribution in [3.05, 3.63) is 54.1 Å². The van der Waals surface area contributed by atoms with Crippen LogP contribution in [0.25, 0.3) is 22.5 Å². The molecule has 2 aliphatic heterocycles. The lowest BCUT2D eigenvalue weighted by Crippen LogP contribution is -2.60. The number of ether oxygens (including phenoxy) is 2. The van der Waals surface area contributed by atoms with Crippen LogP contribution in [0.15, 0.2) is 48.5 Å². The third kappa shape index (κ3) is 11.5. The number of aliphatic hydroxyl groups excluding tert-OH is 4. The van der Waals surface area contributed by atoms with Crippen molar-refractivity contribution >= 4 is 46.9 Å². The van der Waals surface area contributed by atoms with Crippen LogP contribution in [0, 0.1) is 0 Å². The van der Waals surface area contributed by atoms with Gasteiger partial charge in [-0.1, -0.05) is 42.5 Å². The van der Waals surface area contributed by atoms with Gasteiger partial charge in [-0.25, -0.2) is 0 Å². The molecule has 0 bridgehead atoms. The Labute approximate surface area is 336 Å². The Balaban J connectivity index is 1.22. The maximum absolute atomic E-state index is 13.9. The van der Waals surface area contributed by atoms with Crippen molar-refractivity contribution in [2.75, 3.05) is 44.3 Å². The van der Waals surface area contributed by atoms with Gasteiger partial charge in [0.25, 0.3) is 0 Å². The van der Waals surface area contributed by atoms with Crippen molar-refractivity contribution in [3.8, 4) is 22.5 Å². The fourth-order valence-electron chi connectivity index (χ4n) is 6.14. The SMILES string of the molecule is CC(=O)CNC(=O)CNC(=O)CNC(=O)CNC(=O)[C@H](CO[C@@H]1OC(CO)[C@@H](O)C(O)C1O)NC(=O)CCC(=O)N1Cc2ccccc2-c2n[nH]nc2-c2ccccc21. The number of nitrogens with zero attached hydrogens (tertiary/aromatic N) is 3. The Morgan fingerprint density at radius 3 is 2.03 bits per heavy atom. The number of aliphatic hydroxyl groups is 4. The van der Waals surface area contributed by atoms with Crippen LogP contribution in [-0.2, 0) is 49.6 Å². The van der Waals surface area contributed by atoms with Crippen molar-refractivity contribution in [2.45, 2.75) is 63.1 Å². The van der Waals surface area contributed by atoms with Gasteiger partial charge in [0.05, 0.1) is 51.6 Å². The first-order valence-corrected chi connectivity index (χ1v) is 18.4. The number of rotatable bonds is 17. The highest BCUT2D eigenvalue weighted by atomic mass is 16.7. The molecule has 0 saturated carbocycles. The van der Waals surface area contributed by atoms with Crippen LogP contribution in [0.1, 0.15) is 25.3 Å². The number of hydrogen-bond acceptors (Lipinski definition) is 15. The van der Waals surface area contributed by atoms with Gasteiger partial charge in [0, 0.05) is 24.0 Å². The summed E-state index contributed by atoms with van der Waals surface area (Å²) in [6.45, 7) is -2.01. The molecule has 3 unspecified atom stereocenters. The fraction of sp³-hybridized carbons (Fsp3) is 0.432. The third-order valence-corrected chi connectivity index (χ3v) is 9.24. The molecule has 59 heavy (non-hydrogen) atoms. The second-order valence-electron chi connectivity index (χ2n) is 13.6. The van der Waals surface area contributed by atoms with E-state index in [1.807, 2.05) is 24.3 Å². The van der Waals surface area contributed by atoms with E-state index in [-0.39, 0.29) is 25.3 Å². The van der Waals surface area contributed by atoms with Gasteiger partial charge in [-0.15, -0.1) is 0 Å². The minimum Gasteiger partial charge on any atom is -0.394 e. The molecule has 10 N–H and O–H groups in total. The number of ketones is 1. The average Bonchev–Trinajstić information content (AvgIpc) is 3.71. The smallest absolute Gasteiger partial charge is 0.245 e. The molecular weight excluding hydrogens is 778 g/mol. The summed E-state index contributed by atoms with van der Waals surface area (Å²) in [5, 5.41) is 63.1. The number of fused-ring (bicyclic) bond motifs is 5. The Kier molecular flexibility index (Phi) is 15.3. The highest BCUT2D eigenvalue weighted by Gasteiger charge is 2.44. The first-order valence-electron chi connectivity index (χ1n) is 18.4. The fourth-order valence-corrected chi connectivity index (χ4v) is 6.14. The summed E-state index contributed by atoms with van der Waals surface area (Å²) in [4.78, 5) is 89.3. The molecule has 2 aliphatic rings. The number of aromatic nitrogens is 3. The highest BCUT2D eigenvalue weighted by Crippen LogP contribution is 2.40. The van der Waals surface area contributed by atoms with E-state index in [1.165, 1.54) is 11.8 Å². The minimum absolute atomic E-state index is 0.137. The van der Waals surface area contributed by atoms with E-state index >= 15 is 0 Å². The zero-order valence-corrected chi connectivity index (χ0v) is 31.8. The van der Waals surface area contributed by atoms with Gasteiger partial charge in [-0.2, -0.15) is 15.4 Å². The van der Waals surface area contributed by atoms with Crippen LogP contribution in [0.4, 0.5) is 5.69 Å². The van der Waals surface area contributed by atoms with Crippen LogP contribution in [0.2, 0.25) is 0 Å². The van der Waals surface area contributed by atoms with E-state index in [4.69, 9.17) is 9.47 Å². The summed E-state index contributed by atoms with van der Waals surface area (Å²) < 4.78 is 10.8. The molecule has 1 saturated heterocycles. The molecule has 1 aromatic heterocycles. The summed E-state index contributed by atoms with van der Waals surface area (Å²) in [5.74, 6) is -4.71. The van der Waals surface area contributed by atoms with Crippen molar-refractivity contribution in [2.24, 2.45) is 0 Å². The Bertz CT molecular complexity index is 2030. The first kappa shape index (κ1) is 43.9. The number of para-hydroxylation sites is 1. The Morgan fingerprint density at radius 1 is 0.780 bits per heavy atom. The van der Waals surface area contributed by atoms with Gasteiger partial charge in [0.2, 0.25) is 35.4 Å². The number of hydrogen-bond donors (Lipinski definition) is 10. The predicted octanol–water partition coefficient (Wildman–Crippen LogP) is -3.88. The van der Waals surface area contributed by atoms with Gasteiger partial charge in [0.15, 0.2) is 6.29 Å². The zero-order chi connectivity index (χ0) is 42.6. The lowest BCUT2D eigenvalue weighted by atomic mass is 9.95. The van der Waals surface area contributed by atoms with Gasteiger partial charge in [0.1, 0.15) is 47.6 Å². The third-order valence-electron chi connectivity index (χ3n) is 9.24. The molecule has 1 fully saturated rings. The molecule has 6 atom stereocenters. The Hall–Kier alpha value is -6.17. The molecule has 22 heteroatoms. The molecule has 3 aromatic rings. The number of aromatic amines is 1. The second kappa shape index (κ2) is 20.5. The maximum Gasteiger partial charge on any atom is 0.245 e. The summed E-state index contributed by atoms with van der Waals surface area (Å²) in [6.07, 6.45) is -9.07. The maximum atomic E-state index is 13.9. The molecule has 316 valence electrons. The number of carbonyl (C=O) groups is 7. The molecular formula is C37H45N9O13. The van der Waals surface area contributed by atoms with E-state index in [2.05, 4.69) is 42.0 Å². The topological polar surface area (TPSA) is 324 Å². The molecule has 6 amide bonds. The van der Waals surface area contributed by atoms with Crippen LogP contribution in [0.5, 0.6) is 0 Å². The number of H-pyrrole nitrogens is 1. The number of nitrogens with one attached hydrogen (secondary N) is 6. The number of benzene rings is 2. The van der Waals surface area contributed by atoms with E-state index in [9.17, 15) is 54.0 Å². The van der Waals surface area contributed by atoms with E-state index in [1.54, 1.807) is 24.3 Å². The standard InChI is InChI=1S/C37H45N9O13/c1-19(48)12-38-27(50)13-39-28(51)14-40-29(52)15-41-36(57)23(18-58-37-35(56)34(55)33(54)25(17-47)59-37)42-26(49)10-11-30(53)46-16-20-6-2-3-7-21(20)31-32(44-45-43-31)22-8-4-5-9-24(22)46/h2-9,23,25,33-35,37,47,54-56H,10-18H2,1H3,(H,38,50)(H,39,51)(H,40,52)(H,41,57)(H,42,49)(H,43,44,45)/t23-,25?,33+,34?,35?,37+/m0/s1. The van der Waals surface area contributed by atoms with Gasteiger partial charge in [-0.3, -0.25) is 33.6 Å². The molecule has 22 nitrogen and oxygen atoms in total. The Morgan fingerprint density at radius 2 is 1.37 bits per heavy atom. The van der Waals surface area contributed by atoms with E-state index < -0.39 is 111 Å². The van der Waals surface area contributed by atoms with Crippen molar-refractivity contribution in [3.63, 3.8) is 0 Å². The van der Waals surface area contributed by atoms with Gasteiger partial charge < -0.3 is 61.4 Å². The molecule has 3 heterocycles. The molecule has 0 aliphatic carbocycles. The summed E-state index contributed by atoms with van der Waals surface area (Å²) in [6, 6.07) is 12.9. The molecule has 0 radical (unpaired) electrons. The zero-order valence-electron chi connectivity index (χ0n) is 31.8. The summed E-state index contributed by atoms with van der Waals surface area (Å²) in [7, 11) is 0. The second-order valence-corrected chi connectivity index (χ2v) is 13.6. The number of anilines is 1. The summed E-state index contributed by atoms with van der Waals surface area (Å²) >= 11 is 0. The lowest BCUT2D eigenvalue weighted by molar-refractivity contribution is -0.301. The van der Waals surface area contributed by atoms with Crippen molar-refractivity contribution in [1.82, 2.24) is 42.0 Å². The van der Waals surface area contributed by atoms with Crippen LogP contribution >= 0.6 is 0 Å².